The molecule has 0 spiro atoms. The number of benzene rings is 2. The fraction of sp³-hybridized carbons (Fsp3) is 0.133. The van der Waals surface area contributed by atoms with Crippen LogP contribution in [0.1, 0.15) is 15.9 Å². The van der Waals surface area contributed by atoms with Gasteiger partial charge in [0.1, 0.15) is 0 Å². The van der Waals surface area contributed by atoms with Gasteiger partial charge in [-0.1, -0.05) is 35.5 Å². The van der Waals surface area contributed by atoms with Crippen LogP contribution >= 0.6 is 11.8 Å². The summed E-state index contributed by atoms with van der Waals surface area (Å²) in [6.07, 6.45) is 0. The van der Waals surface area contributed by atoms with Crippen molar-refractivity contribution >= 4 is 17.7 Å². The molecule has 2 rings (SSSR count). The van der Waals surface area contributed by atoms with Gasteiger partial charge in [0.05, 0.1) is 12.7 Å². The van der Waals surface area contributed by atoms with Crippen LogP contribution in [-0.2, 0) is 4.74 Å². The van der Waals surface area contributed by atoms with E-state index in [1.807, 2.05) is 18.2 Å². The molecule has 0 heterocycles. The summed E-state index contributed by atoms with van der Waals surface area (Å²) in [6.45, 7) is 2.06. The third kappa shape index (κ3) is 3.14. The van der Waals surface area contributed by atoms with E-state index in [4.69, 9.17) is 4.74 Å². The zero-order valence-electron chi connectivity index (χ0n) is 10.3. The molecule has 0 fully saturated rings. The Bertz CT molecular complexity index is 547. The van der Waals surface area contributed by atoms with Crippen molar-refractivity contribution in [2.75, 3.05) is 7.11 Å². The van der Waals surface area contributed by atoms with Gasteiger partial charge in [0.25, 0.3) is 0 Å². The van der Waals surface area contributed by atoms with Crippen LogP contribution in [0.15, 0.2) is 58.3 Å². The van der Waals surface area contributed by atoms with Crippen molar-refractivity contribution in [3.8, 4) is 0 Å². The molecule has 0 radical (unpaired) electrons. The van der Waals surface area contributed by atoms with Gasteiger partial charge in [-0.2, -0.15) is 0 Å². The molecule has 0 aliphatic rings. The first-order valence-corrected chi connectivity index (χ1v) is 6.43. The fourth-order valence-electron chi connectivity index (χ4n) is 1.55. The van der Waals surface area contributed by atoms with E-state index in [9.17, 15) is 4.79 Å². The van der Waals surface area contributed by atoms with Crippen molar-refractivity contribution in [1.29, 1.82) is 0 Å². The molecule has 92 valence electrons. The maximum atomic E-state index is 11.4. The van der Waals surface area contributed by atoms with Crippen molar-refractivity contribution in [2.45, 2.75) is 16.7 Å². The van der Waals surface area contributed by atoms with E-state index in [2.05, 4.69) is 31.2 Å². The van der Waals surface area contributed by atoms with Crippen molar-refractivity contribution < 1.29 is 9.53 Å². The third-order valence-corrected chi connectivity index (χ3v) is 3.51. The Hall–Kier alpha value is -1.74. The third-order valence-electron chi connectivity index (χ3n) is 2.51. The minimum absolute atomic E-state index is 0.304. The van der Waals surface area contributed by atoms with Crippen molar-refractivity contribution in [2.24, 2.45) is 0 Å². The molecule has 3 heteroatoms. The van der Waals surface area contributed by atoms with Gasteiger partial charge in [-0.15, -0.1) is 0 Å². The van der Waals surface area contributed by atoms with Crippen molar-refractivity contribution in [1.82, 2.24) is 0 Å². The summed E-state index contributed by atoms with van der Waals surface area (Å²) in [4.78, 5) is 13.6. The summed E-state index contributed by atoms with van der Waals surface area (Å²) in [5.74, 6) is -0.304. The summed E-state index contributed by atoms with van der Waals surface area (Å²) >= 11 is 1.63. The second-order valence-electron chi connectivity index (χ2n) is 3.93. The monoisotopic (exact) mass is 258 g/mol. The smallest absolute Gasteiger partial charge is 0.337 e. The van der Waals surface area contributed by atoms with Crippen LogP contribution in [-0.4, -0.2) is 13.1 Å². The Morgan fingerprint density at radius 3 is 2.44 bits per heavy atom. The van der Waals surface area contributed by atoms with Gasteiger partial charge in [0, 0.05) is 9.79 Å². The van der Waals surface area contributed by atoms with Crippen LogP contribution in [0.4, 0.5) is 0 Å². The SMILES string of the molecule is COC(=O)c1cccc(Sc2ccc(C)cc2)c1. The summed E-state index contributed by atoms with van der Waals surface area (Å²) in [5, 5.41) is 0. The highest BCUT2D eigenvalue weighted by molar-refractivity contribution is 7.99. The molecule has 0 bridgehead atoms. The zero-order chi connectivity index (χ0) is 13.0. The lowest BCUT2D eigenvalue weighted by Crippen LogP contribution is -2.00. The molecule has 0 atom stereocenters. The normalized spacial score (nSPS) is 10.1. The average molecular weight is 258 g/mol. The van der Waals surface area contributed by atoms with Crippen LogP contribution < -0.4 is 0 Å². The minimum Gasteiger partial charge on any atom is -0.465 e. The minimum atomic E-state index is -0.304. The van der Waals surface area contributed by atoms with Crippen LogP contribution in [0.5, 0.6) is 0 Å². The number of methoxy groups -OCH3 is 1. The Morgan fingerprint density at radius 1 is 1.06 bits per heavy atom. The van der Waals surface area contributed by atoms with E-state index >= 15 is 0 Å². The summed E-state index contributed by atoms with van der Waals surface area (Å²) in [6, 6.07) is 15.7. The lowest BCUT2D eigenvalue weighted by molar-refractivity contribution is 0.0600. The lowest BCUT2D eigenvalue weighted by atomic mass is 10.2. The van der Waals surface area contributed by atoms with Gasteiger partial charge in [-0.25, -0.2) is 4.79 Å². The Balaban J connectivity index is 2.19. The van der Waals surface area contributed by atoms with E-state index in [0.29, 0.717) is 5.56 Å². The number of ether oxygens (including phenoxy) is 1. The van der Waals surface area contributed by atoms with Crippen LogP contribution in [0.25, 0.3) is 0 Å². The molecule has 0 aliphatic carbocycles. The second-order valence-corrected chi connectivity index (χ2v) is 5.08. The molecule has 0 saturated carbocycles. The quantitative estimate of drug-likeness (QED) is 0.780. The number of hydrogen-bond acceptors (Lipinski definition) is 3. The number of carbonyl (C=O) groups excluding carboxylic acids is 1. The van der Waals surface area contributed by atoms with Crippen molar-refractivity contribution in [3.63, 3.8) is 0 Å². The van der Waals surface area contributed by atoms with E-state index in [1.165, 1.54) is 12.7 Å². The highest BCUT2D eigenvalue weighted by Gasteiger charge is 2.06. The maximum Gasteiger partial charge on any atom is 0.337 e. The van der Waals surface area contributed by atoms with Gasteiger partial charge in [-0.3, -0.25) is 0 Å². The topological polar surface area (TPSA) is 26.3 Å². The van der Waals surface area contributed by atoms with Gasteiger partial charge in [0.2, 0.25) is 0 Å². The fourth-order valence-corrected chi connectivity index (χ4v) is 2.42. The van der Waals surface area contributed by atoms with Gasteiger partial charge in [0.15, 0.2) is 0 Å². The molecule has 2 aromatic rings. The maximum absolute atomic E-state index is 11.4. The van der Waals surface area contributed by atoms with E-state index < -0.39 is 0 Å². The number of esters is 1. The zero-order valence-corrected chi connectivity index (χ0v) is 11.2. The molecule has 0 aliphatic heterocycles. The van der Waals surface area contributed by atoms with Crippen LogP contribution in [0.2, 0.25) is 0 Å². The molecule has 2 aromatic carbocycles. The van der Waals surface area contributed by atoms with E-state index in [-0.39, 0.29) is 5.97 Å². The predicted molar refractivity (Wildman–Crippen MR) is 73.1 cm³/mol. The number of carbonyl (C=O) groups is 1. The first-order valence-electron chi connectivity index (χ1n) is 5.62. The number of aryl methyl sites for hydroxylation is 1. The first kappa shape index (κ1) is 12.7. The number of rotatable bonds is 3. The van der Waals surface area contributed by atoms with E-state index in [1.54, 1.807) is 17.8 Å². The summed E-state index contributed by atoms with van der Waals surface area (Å²) in [7, 11) is 1.39. The van der Waals surface area contributed by atoms with Crippen LogP contribution in [0.3, 0.4) is 0 Å². The molecule has 2 nitrogen and oxygen atoms in total. The number of hydrogen-bond donors (Lipinski definition) is 0. The predicted octanol–water partition coefficient (Wildman–Crippen LogP) is 3.93. The van der Waals surface area contributed by atoms with Gasteiger partial charge in [-0.05, 0) is 37.3 Å². The molecular formula is C15H14O2S. The summed E-state index contributed by atoms with van der Waals surface area (Å²) in [5.41, 5.74) is 1.82. The first-order chi connectivity index (χ1) is 8.69. The molecule has 0 amide bonds. The second kappa shape index (κ2) is 5.74. The average Bonchev–Trinajstić information content (AvgIpc) is 2.41. The Labute approximate surface area is 111 Å². The highest BCUT2D eigenvalue weighted by Crippen LogP contribution is 2.28. The standard InChI is InChI=1S/C15H14O2S/c1-11-6-8-13(9-7-11)18-14-5-3-4-12(10-14)15(16)17-2/h3-10H,1-2H3. The van der Waals surface area contributed by atoms with Crippen LogP contribution in [0, 0.1) is 6.92 Å². The Morgan fingerprint density at radius 2 is 1.78 bits per heavy atom. The Kier molecular flexibility index (Phi) is 4.05. The van der Waals surface area contributed by atoms with Gasteiger partial charge >= 0.3 is 5.97 Å². The molecule has 0 N–H and O–H groups in total. The molecular weight excluding hydrogens is 244 g/mol. The highest BCUT2D eigenvalue weighted by atomic mass is 32.2. The van der Waals surface area contributed by atoms with Crippen molar-refractivity contribution in [3.05, 3.63) is 59.7 Å². The molecule has 18 heavy (non-hydrogen) atoms. The molecule has 0 unspecified atom stereocenters. The lowest BCUT2D eigenvalue weighted by Gasteiger charge is -2.04. The molecule has 0 aromatic heterocycles. The van der Waals surface area contributed by atoms with E-state index in [0.717, 1.165) is 9.79 Å². The van der Waals surface area contributed by atoms with Gasteiger partial charge < -0.3 is 4.74 Å². The molecule has 0 saturated heterocycles. The summed E-state index contributed by atoms with van der Waals surface area (Å²) < 4.78 is 4.71. The largest absolute Gasteiger partial charge is 0.465 e.